The van der Waals surface area contributed by atoms with Gasteiger partial charge in [0, 0.05) is 30.4 Å². The number of methoxy groups -OCH3 is 1. The van der Waals surface area contributed by atoms with Crippen molar-refractivity contribution >= 4 is 17.8 Å². The molecule has 1 saturated heterocycles. The predicted octanol–water partition coefficient (Wildman–Crippen LogP) is 3.41. The zero-order chi connectivity index (χ0) is 22.5. The standard InChI is InChI=1S/C24H31N3O4/c1-5-6-19-20(24(30)31-4)16(3)25-21(19)22(28)26-18-11-13-27(14-12-18)23(29)17-9-7-15(2)8-10-17/h7-10,18,25H,5-6,11-14H2,1-4H3,(H,26,28). The van der Waals surface area contributed by atoms with Crippen molar-refractivity contribution in [3.63, 3.8) is 0 Å². The van der Waals surface area contributed by atoms with Gasteiger partial charge in [-0.05, 0) is 50.8 Å². The highest BCUT2D eigenvalue weighted by molar-refractivity contribution is 6.00. The van der Waals surface area contributed by atoms with E-state index in [4.69, 9.17) is 4.74 Å². The van der Waals surface area contributed by atoms with Gasteiger partial charge >= 0.3 is 5.97 Å². The van der Waals surface area contributed by atoms with E-state index in [9.17, 15) is 14.4 Å². The maximum Gasteiger partial charge on any atom is 0.339 e. The minimum Gasteiger partial charge on any atom is -0.465 e. The Bertz CT molecular complexity index is 954. The van der Waals surface area contributed by atoms with E-state index in [-0.39, 0.29) is 17.9 Å². The Morgan fingerprint density at radius 2 is 1.77 bits per heavy atom. The number of aromatic nitrogens is 1. The molecule has 1 aromatic heterocycles. The van der Waals surface area contributed by atoms with Gasteiger partial charge in [0.25, 0.3) is 11.8 Å². The number of H-pyrrole nitrogens is 1. The number of amides is 2. The Hall–Kier alpha value is -3.09. The maximum absolute atomic E-state index is 13.0. The monoisotopic (exact) mass is 425 g/mol. The molecule has 7 heteroatoms. The molecule has 2 amide bonds. The van der Waals surface area contributed by atoms with E-state index in [0.717, 1.165) is 12.0 Å². The van der Waals surface area contributed by atoms with Gasteiger partial charge in [0.2, 0.25) is 0 Å². The van der Waals surface area contributed by atoms with Gasteiger partial charge in [-0.1, -0.05) is 31.0 Å². The first-order valence-electron chi connectivity index (χ1n) is 10.8. The van der Waals surface area contributed by atoms with Gasteiger partial charge in [0.15, 0.2) is 0 Å². The summed E-state index contributed by atoms with van der Waals surface area (Å²) in [5, 5.41) is 3.08. The van der Waals surface area contributed by atoms with Crippen molar-refractivity contribution in [3.05, 3.63) is 57.9 Å². The summed E-state index contributed by atoms with van der Waals surface area (Å²) in [5.74, 6) is -0.623. The number of nitrogens with one attached hydrogen (secondary N) is 2. The average Bonchev–Trinajstić information content (AvgIpc) is 3.10. The molecular formula is C24H31N3O4. The second-order valence-corrected chi connectivity index (χ2v) is 8.13. The van der Waals surface area contributed by atoms with Crippen LogP contribution in [0.1, 0.15) is 74.2 Å². The average molecular weight is 426 g/mol. The summed E-state index contributed by atoms with van der Waals surface area (Å²) in [4.78, 5) is 42.8. The van der Waals surface area contributed by atoms with Gasteiger partial charge in [-0.25, -0.2) is 4.79 Å². The van der Waals surface area contributed by atoms with Crippen molar-refractivity contribution in [1.29, 1.82) is 0 Å². The number of likely N-dealkylation sites (tertiary alicyclic amines) is 1. The van der Waals surface area contributed by atoms with Crippen molar-refractivity contribution in [2.45, 2.75) is 52.5 Å². The highest BCUT2D eigenvalue weighted by Gasteiger charge is 2.28. The molecule has 2 heterocycles. The number of esters is 1. The fourth-order valence-electron chi connectivity index (χ4n) is 4.11. The van der Waals surface area contributed by atoms with Crippen molar-refractivity contribution in [3.8, 4) is 0 Å². The van der Waals surface area contributed by atoms with Crippen LogP contribution in [0, 0.1) is 13.8 Å². The van der Waals surface area contributed by atoms with Gasteiger partial charge < -0.3 is 19.9 Å². The van der Waals surface area contributed by atoms with E-state index < -0.39 is 5.97 Å². The fraction of sp³-hybridized carbons (Fsp3) is 0.458. The van der Waals surface area contributed by atoms with Crippen LogP contribution in [0.25, 0.3) is 0 Å². The number of ether oxygens (including phenoxy) is 1. The van der Waals surface area contributed by atoms with Gasteiger partial charge in [-0.2, -0.15) is 0 Å². The first-order valence-corrected chi connectivity index (χ1v) is 10.8. The van der Waals surface area contributed by atoms with Crippen LogP contribution in [0.4, 0.5) is 0 Å². The van der Waals surface area contributed by atoms with Gasteiger partial charge in [-0.15, -0.1) is 0 Å². The molecule has 31 heavy (non-hydrogen) atoms. The molecule has 0 spiro atoms. The van der Waals surface area contributed by atoms with Crippen molar-refractivity contribution in [2.24, 2.45) is 0 Å². The second-order valence-electron chi connectivity index (χ2n) is 8.13. The summed E-state index contributed by atoms with van der Waals surface area (Å²) in [6.45, 7) is 6.96. The van der Waals surface area contributed by atoms with E-state index in [2.05, 4.69) is 10.3 Å². The lowest BCUT2D eigenvalue weighted by Gasteiger charge is -2.32. The molecule has 166 valence electrons. The normalized spacial score (nSPS) is 14.4. The van der Waals surface area contributed by atoms with Crippen LogP contribution in [-0.2, 0) is 11.2 Å². The molecule has 7 nitrogen and oxygen atoms in total. The molecule has 1 fully saturated rings. The molecule has 0 radical (unpaired) electrons. The van der Waals surface area contributed by atoms with Crippen LogP contribution >= 0.6 is 0 Å². The molecule has 0 aliphatic carbocycles. The number of hydrogen-bond donors (Lipinski definition) is 2. The number of rotatable bonds is 6. The summed E-state index contributed by atoms with van der Waals surface area (Å²) >= 11 is 0. The topological polar surface area (TPSA) is 91.5 Å². The summed E-state index contributed by atoms with van der Waals surface area (Å²) in [6.07, 6.45) is 2.80. The smallest absolute Gasteiger partial charge is 0.339 e. The molecule has 1 aliphatic heterocycles. The number of hydrogen-bond acceptors (Lipinski definition) is 4. The largest absolute Gasteiger partial charge is 0.465 e. The summed E-state index contributed by atoms with van der Waals surface area (Å²) in [7, 11) is 1.34. The molecule has 1 aliphatic rings. The van der Waals surface area contributed by atoms with E-state index in [1.54, 1.807) is 6.92 Å². The lowest BCUT2D eigenvalue weighted by atomic mass is 10.0. The maximum atomic E-state index is 13.0. The molecule has 0 unspecified atom stereocenters. The summed E-state index contributed by atoms with van der Waals surface area (Å²) < 4.78 is 4.90. The van der Waals surface area contributed by atoms with Gasteiger partial charge in [0.1, 0.15) is 5.69 Å². The van der Waals surface area contributed by atoms with Crippen molar-refractivity contribution in [2.75, 3.05) is 20.2 Å². The third-order valence-electron chi connectivity index (χ3n) is 5.82. The number of piperidine rings is 1. The number of benzene rings is 1. The Labute approximate surface area is 183 Å². The molecular weight excluding hydrogens is 394 g/mol. The molecule has 0 saturated carbocycles. The van der Waals surface area contributed by atoms with E-state index in [1.165, 1.54) is 7.11 Å². The number of carbonyl (C=O) groups excluding carboxylic acids is 3. The van der Waals surface area contributed by atoms with Gasteiger partial charge in [-0.3, -0.25) is 9.59 Å². The first-order chi connectivity index (χ1) is 14.8. The van der Waals surface area contributed by atoms with Crippen molar-refractivity contribution in [1.82, 2.24) is 15.2 Å². The number of nitrogens with zero attached hydrogens (tertiary/aromatic N) is 1. The lowest BCUT2D eigenvalue weighted by Crippen LogP contribution is -2.46. The summed E-state index contributed by atoms with van der Waals surface area (Å²) in [5.41, 5.74) is 4.03. The second kappa shape index (κ2) is 9.81. The van der Waals surface area contributed by atoms with E-state index in [0.29, 0.717) is 60.4 Å². The third kappa shape index (κ3) is 4.98. The first kappa shape index (κ1) is 22.6. The Balaban J connectivity index is 1.64. The molecule has 0 atom stereocenters. The Kier molecular flexibility index (Phi) is 7.15. The SMILES string of the molecule is CCCc1c(C(=O)NC2CCN(C(=O)c3ccc(C)cc3)CC2)[nH]c(C)c1C(=O)OC. The predicted molar refractivity (Wildman–Crippen MR) is 118 cm³/mol. The molecule has 0 bridgehead atoms. The summed E-state index contributed by atoms with van der Waals surface area (Å²) in [6, 6.07) is 7.57. The van der Waals surface area contributed by atoms with Crippen molar-refractivity contribution < 1.29 is 19.1 Å². The Morgan fingerprint density at radius 1 is 1.13 bits per heavy atom. The number of aryl methyl sites for hydroxylation is 2. The fourth-order valence-corrected chi connectivity index (χ4v) is 4.11. The van der Waals surface area contributed by atoms with Crippen LogP contribution in [0.5, 0.6) is 0 Å². The Morgan fingerprint density at radius 3 is 2.35 bits per heavy atom. The number of aromatic amines is 1. The highest BCUT2D eigenvalue weighted by Crippen LogP contribution is 2.23. The highest BCUT2D eigenvalue weighted by atomic mass is 16.5. The number of carbonyl (C=O) groups is 3. The third-order valence-corrected chi connectivity index (χ3v) is 5.82. The van der Waals surface area contributed by atoms with Crippen LogP contribution in [0.15, 0.2) is 24.3 Å². The zero-order valence-electron chi connectivity index (χ0n) is 18.7. The van der Waals surface area contributed by atoms with Crippen LogP contribution in [0.2, 0.25) is 0 Å². The molecule has 3 rings (SSSR count). The zero-order valence-corrected chi connectivity index (χ0v) is 18.7. The molecule has 1 aromatic carbocycles. The van der Waals surface area contributed by atoms with Crippen LogP contribution in [-0.4, -0.2) is 53.9 Å². The lowest BCUT2D eigenvalue weighted by molar-refractivity contribution is 0.0598. The molecule has 2 aromatic rings. The quantitative estimate of drug-likeness (QED) is 0.694. The van der Waals surface area contributed by atoms with Crippen LogP contribution in [0.3, 0.4) is 0 Å². The molecule has 2 N–H and O–H groups in total. The minimum atomic E-state index is -0.431. The van der Waals surface area contributed by atoms with Crippen LogP contribution < -0.4 is 5.32 Å². The van der Waals surface area contributed by atoms with Gasteiger partial charge in [0.05, 0.1) is 12.7 Å². The van der Waals surface area contributed by atoms with E-state index >= 15 is 0 Å². The van der Waals surface area contributed by atoms with E-state index in [1.807, 2.05) is 43.0 Å². The minimum absolute atomic E-state index is 0.0192.